The number of nitrogens with one attached hydrogen (secondary N) is 1. The number of aliphatic carboxylic acids is 1. The molecule has 0 saturated heterocycles. The number of aromatic nitrogens is 3. The summed E-state index contributed by atoms with van der Waals surface area (Å²) in [6, 6.07) is 11.5. The first kappa shape index (κ1) is 28.7. The minimum atomic E-state index is -4.53. The number of carbonyl (C=O) groups is 1. The van der Waals surface area contributed by atoms with Gasteiger partial charge in [-0.25, -0.2) is 4.98 Å². The zero-order valence-corrected chi connectivity index (χ0v) is 21.3. The van der Waals surface area contributed by atoms with Crippen LogP contribution in [0, 0.1) is 0 Å². The third kappa shape index (κ3) is 6.53. The Balaban J connectivity index is 0.00000400. The fourth-order valence-corrected chi connectivity index (χ4v) is 3.79. The molecule has 38 heavy (non-hydrogen) atoms. The van der Waals surface area contributed by atoms with Crippen molar-refractivity contribution in [1.82, 2.24) is 15.1 Å². The summed E-state index contributed by atoms with van der Waals surface area (Å²) in [6.45, 7) is 2.12. The van der Waals surface area contributed by atoms with Crippen molar-refractivity contribution in [3.63, 3.8) is 0 Å². The highest BCUT2D eigenvalue weighted by Crippen LogP contribution is 2.41. The molecule has 0 atom stereocenters. The lowest BCUT2D eigenvalue weighted by Crippen LogP contribution is -2.08. The van der Waals surface area contributed by atoms with Crippen LogP contribution < -0.4 is 10.1 Å². The quantitative estimate of drug-likeness (QED) is 0.225. The predicted molar refractivity (Wildman–Crippen MR) is 138 cm³/mol. The van der Waals surface area contributed by atoms with Gasteiger partial charge < -0.3 is 19.7 Å². The molecule has 0 spiro atoms. The number of benzene rings is 2. The molecule has 2 N–H and O–H groups in total. The van der Waals surface area contributed by atoms with Gasteiger partial charge in [0, 0.05) is 29.4 Å². The molecule has 2 heterocycles. The third-order valence-corrected chi connectivity index (χ3v) is 5.50. The molecule has 4 aromatic rings. The Hall–Kier alpha value is -3.83. The molecule has 0 fully saturated rings. The Morgan fingerprint density at radius 2 is 1.89 bits per heavy atom. The zero-order valence-electron chi connectivity index (χ0n) is 19.8. The first-order chi connectivity index (χ1) is 17.7. The lowest BCUT2D eigenvalue weighted by Gasteiger charge is -2.16. The summed E-state index contributed by atoms with van der Waals surface area (Å²) in [5, 5.41) is 15.8. The van der Waals surface area contributed by atoms with Crippen LogP contribution in [-0.4, -0.2) is 39.4 Å². The van der Waals surface area contributed by atoms with E-state index in [0.29, 0.717) is 16.9 Å². The summed E-state index contributed by atoms with van der Waals surface area (Å²) >= 11 is 6.24. The number of carboxylic acid groups (broad SMARTS) is 1. The van der Waals surface area contributed by atoms with Crippen LogP contribution in [0.15, 0.2) is 59.3 Å². The standard InChI is InChI=1S/C25H20ClF3N4O4.ClH/c1-2-36-20-12-14(7-8-17(20)16-5-3-4-6-18(16)25(27,28)29)24-32-22(33-37-24)15-11-19(26)23(31-13-15)30-10-9-21(34)35;/h3-8,11-13H,2,9-10H2,1H3,(H,30,31)(H,34,35);1H. The number of hydrogen-bond donors (Lipinski definition) is 2. The van der Waals surface area contributed by atoms with Crippen LogP contribution in [0.4, 0.5) is 19.0 Å². The van der Waals surface area contributed by atoms with Gasteiger partial charge in [0.25, 0.3) is 5.89 Å². The van der Waals surface area contributed by atoms with E-state index in [1.165, 1.54) is 30.5 Å². The number of pyridine rings is 1. The van der Waals surface area contributed by atoms with Gasteiger partial charge in [-0.05, 0) is 42.8 Å². The van der Waals surface area contributed by atoms with Crippen LogP contribution in [0.5, 0.6) is 5.75 Å². The summed E-state index contributed by atoms with van der Waals surface area (Å²) in [5.74, 6) is -0.105. The highest BCUT2D eigenvalue weighted by atomic mass is 35.5. The maximum Gasteiger partial charge on any atom is 0.417 e. The number of nitrogens with zero attached hydrogens (tertiary/aromatic N) is 3. The number of hydrogen-bond acceptors (Lipinski definition) is 7. The molecular formula is C25H21Cl2F3N4O4. The number of halogens is 5. The first-order valence-electron chi connectivity index (χ1n) is 11.1. The van der Waals surface area contributed by atoms with E-state index in [4.69, 9.17) is 26.0 Å². The summed E-state index contributed by atoms with van der Waals surface area (Å²) in [4.78, 5) is 19.2. The molecule has 0 aliphatic heterocycles. The molecular weight excluding hydrogens is 548 g/mol. The highest BCUT2D eigenvalue weighted by molar-refractivity contribution is 6.33. The zero-order chi connectivity index (χ0) is 26.6. The van der Waals surface area contributed by atoms with Gasteiger partial charge in [-0.2, -0.15) is 18.2 Å². The lowest BCUT2D eigenvalue weighted by atomic mass is 9.97. The average Bonchev–Trinajstić information content (AvgIpc) is 3.35. The van der Waals surface area contributed by atoms with Gasteiger partial charge in [-0.3, -0.25) is 4.79 Å². The minimum Gasteiger partial charge on any atom is -0.493 e. The summed E-state index contributed by atoms with van der Waals surface area (Å²) < 4.78 is 51.8. The molecule has 0 unspecified atom stereocenters. The summed E-state index contributed by atoms with van der Waals surface area (Å²) in [7, 11) is 0. The SMILES string of the molecule is CCOc1cc(-c2nc(-c3cnc(NCCC(=O)O)c(Cl)c3)no2)ccc1-c1ccccc1C(F)(F)F.Cl. The third-order valence-electron chi connectivity index (χ3n) is 5.21. The summed E-state index contributed by atoms with van der Waals surface area (Å²) in [6.07, 6.45) is -3.18. The predicted octanol–water partition coefficient (Wildman–Crippen LogP) is 6.84. The molecule has 0 radical (unpaired) electrons. The second-order valence-electron chi connectivity index (χ2n) is 7.74. The van der Waals surface area contributed by atoms with Gasteiger partial charge in [0.05, 0.1) is 23.6 Å². The van der Waals surface area contributed by atoms with Crippen molar-refractivity contribution in [1.29, 1.82) is 0 Å². The fourth-order valence-electron chi connectivity index (χ4n) is 3.55. The maximum absolute atomic E-state index is 13.6. The Morgan fingerprint density at radius 3 is 2.58 bits per heavy atom. The lowest BCUT2D eigenvalue weighted by molar-refractivity contribution is -0.137. The minimum absolute atomic E-state index is 0. The molecule has 0 amide bonds. The average molecular weight is 569 g/mol. The van der Waals surface area contributed by atoms with Gasteiger partial charge in [0.15, 0.2) is 0 Å². The number of ether oxygens (including phenoxy) is 1. The summed E-state index contributed by atoms with van der Waals surface area (Å²) in [5.41, 5.74) is 0.397. The normalized spacial score (nSPS) is 11.1. The second kappa shape index (κ2) is 12.1. The van der Waals surface area contributed by atoms with Crippen molar-refractivity contribution in [2.24, 2.45) is 0 Å². The van der Waals surface area contributed by atoms with E-state index in [9.17, 15) is 18.0 Å². The molecule has 0 bridgehead atoms. The van der Waals surface area contributed by atoms with Crippen LogP contribution in [-0.2, 0) is 11.0 Å². The Bertz CT molecular complexity index is 1430. The van der Waals surface area contributed by atoms with Crippen molar-refractivity contribution in [3.8, 4) is 39.7 Å². The van der Waals surface area contributed by atoms with Gasteiger partial charge in [-0.15, -0.1) is 12.4 Å². The Labute approximate surface area is 226 Å². The van der Waals surface area contributed by atoms with Gasteiger partial charge >= 0.3 is 12.1 Å². The molecule has 2 aromatic carbocycles. The van der Waals surface area contributed by atoms with Crippen LogP contribution in [0.2, 0.25) is 5.02 Å². The van der Waals surface area contributed by atoms with E-state index >= 15 is 0 Å². The Morgan fingerprint density at radius 1 is 1.13 bits per heavy atom. The van der Waals surface area contributed by atoms with Crippen molar-refractivity contribution in [2.45, 2.75) is 19.5 Å². The Kier molecular flexibility index (Phi) is 9.18. The molecule has 0 saturated carbocycles. The molecule has 0 aliphatic carbocycles. The monoisotopic (exact) mass is 568 g/mol. The van der Waals surface area contributed by atoms with E-state index in [1.54, 1.807) is 25.1 Å². The molecule has 13 heteroatoms. The van der Waals surface area contributed by atoms with Gasteiger partial charge in [0.2, 0.25) is 5.82 Å². The van der Waals surface area contributed by atoms with E-state index in [2.05, 4.69) is 20.4 Å². The van der Waals surface area contributed by atoms with Crippen LogP contribution >= 0.6 is 24.0 Å². The van der Waals surface area contributed by atoms with E-state index in [0.717, 1.165) is 6.07 Å². The highest BCUT2D eigenvalue weighted by Gasteiger charge is 2.34. The van der Waals surface area contributed by atoms with Crippen LogP contribution in [0.1, 0.15) is 18.9 Å². The van der Waals surface area contributed by atoms with Crippen molar-refractivity contribution in [3.05, 3.63) is 65.3 Å². The smallest absolute Gasteiger partial charge is 0.417 e. The topological polar surface area (TPSA) is 110 Å². The number of anilines is 1. The van der Waals surface area contributed by atoms with Crippen molar-refractivity contribution in [2.75, 3.05) is 18.5 Å². The molecule has 2 aromatic heterocycles. The fraction of sp³-hybridized carbons (Fsp3) is 0.200. The number of alkyl halides is 3. The maximum atomic E-state index is 13.6. The molecule has 4 rings (SSSR count). The van der Waals surface area contributed by atoms with Crippen molar-refractivity contribution >= 4 is 35.8 Å². The molecule has 0 aliphatic rings. The van der Waals surface area contributed by atoms with Crippen molar-refractivity contribution < 1.29 is 32.3 Å². The van der Waals surface area contributed by atoms with Crippen LogP contribution in [0.3, 0.4) is 0 Å². The van der Waals surface area contributed by atoms with Gasteiger partial charge in [-0.1, -0.05) is 35.0 Å². The van der Waals surface area contributed by atoms with E-state index in [-0.39, 0.29) is 65.6 Å². The largest absolute Gasteiger partial charge is 0.493 e. The second-order valence-corrected chi connectivity index (χ2v) is 8.14. The van der Waals surface area contributed by atoms with E-state index in [1.807, 2.05) is 0 Å². The first-order valence-corrected chi connectivity index (χ1v) is 11.4. The van der Waals surface area contributed by atoms with Crippen LogP contribution in [0.25, 0.3) is 34.0 Å². The number of carboxylic acids is 1. The number of rotatable bonds is 9. The molecule has 200 valence electrons. The van der Waals surface area contributed by atoms with Gasteiger partial charge in [0.1, 0.15) is 11.6 Å². The molecule has 8 nitrogen and oxygen atoms in total. The van der Waals surface area contributed by atoms with E-state index < -0.39 is 17.7 Å².